The molecule has 26 heavy (non-hydrogen) atoms. The lowest BCUT2D eigenvalue weighted by molar-refractivity contribution is 0.785. The van der Waals surface area contributed by atoms with E-state index in [9.17, 15) is 0 Å². The van der Waals surface area contributed by atoms with Gasteiger partial charge in [0.1, 0.15) is 0 Å². The van der Waals surface area contributed by atoms with Gasteiger partial charge in [0.2, 0.25) is 0 Å². The van der Waals surface area contributed by atoms with E-state index in [1.807, 2.05) is 0 Å². The number of hydrogen-bond donors (Lipinski definition) is 0. The third-order valence-corrected chi connectivity index (χ3v) is 12.4. The summed E-state index contributed by atoms with van der Waals surface area (Å²) in [6.45, 7) is 0. The summed E-state index contributed by atoms with van der Waals surface area (Å²) in [5.74, 6) is 5.16. The summed E-state index contributed by atoms with van der Waals surface area (Å²) in [5.41, 5.74) is 6.07. The van der Waals surface area contributed by atoms with Gasteiger partial charge in [-0.05, 0) is 47.9 Å². The molecule has 2 aromatic carbocycles. The largest absolute Gasteiger partial charge is 0.143 e. The Morgan fingerprint density at radius 1 is 0.500 bits per heavy atom. The van der Waals surface area contributed by atoms with Crippen LogP contribution in [-0.2, 0) is 25.7 Å². The first kappa shape index (κ1) is 17.9. The Bertz CT molecular complexity index is 709. The van der Waals surface area contributed by atoms with Crippen molar-refractivity contribution in [3.8, 4) is 0 Å². The van der Waals surface area contributed by atoms with E-state index in [0.29, 0.717) is 8.16 Å². The van der Waals surface area contributed by atoms with Gasteiger partial charge in [0.05, 0.1) is 8.16 Å². The quantitative estimate of drug-likeness (QED) is 0.522. The van der Waals surface area contributed by atoms with Crippen LogP contribution in [-0.4, -0.2) is 31.2 Å². The third-order valence-electron chi connectivity index (χ3n) is 5.54. The molecule has 2 heterocycles. The number of rotatable bonds is 0. The van der Waals surface area contributed by atoms with Crippen molar-refractivity contribution in [1.82, 2.24) is 0 Å². The molecule has 0 saturated carbocycles. The lowest BCUT2D eigenvalue weighted by Crippen LogP contribution is -2.24. The molecule has 4 bridgehead atoms. The first-order valence-corrected chi connectivity index (χ1v) is 13.4. The highest BCUT2D eigenvalue weighted by molar-refractivity contribution is 8.21. The average molecular weight is 417 g/mol. The van der Waals surface area contributed by atoms with Gasteiger partial charge in [-0.1, -0.05) is 48.5 Å². The minimum Gasteiger partial charge on any atom is -0.143 e. The second-order valence-electron chi connectivity index (χ2n) is 7.56. The second kappa shape index (κ2) is 7.35. The number of fused-ring (bicyclic) bond motifs is 2. The zero-order chi connectivity index (χ0) is 17.5. The molecule has 2 saturated heterocycles. The number of hydrogen-bond acceptors (Lipinski definition) is 4. The van der Waals surface area contributed by atoms with Gasteiger partial charge in [0.25, 0.3) is 0 Å². The molecule has 0 nitrogen and oxygen atoms in total. The Hall–Kier alpha value is -0.160. The average Bonchev–Trinajstić information content (AvgIpc) is 3.27. The van der Waals surface area contributed by atoms with Crippen molar-refractivity contribution in [2.24, 2.45) is 0 Å². The van der Waals surface area contributed by atoms with E-state index in [4.69, 9.17) is 0 Å². The van der Waals surface area contributed by atoms with E-state index in [0.717, 1.165) is 0 Å². The van der Waals surface area contributed by atoms with Gasteiger partial charge in [0, 0.05) is 23.0 Å². The minimum absolute atomic E-state index is 0.322. The van der Waals surface area contributed by atoms with Crippen LogP contribution in [0.4, 0.5) is 0 Å². The second-order valence-corrected chi connectivity index (χ2v) is 14.0. The molecule has 0 amide bonds. The summed E-state index contributed by atoms with van der Waals surface area (Å²) < 4.78 is 0.644. The minimum atomic E-state index is 0.322. The van der Waals surface area contributed by atoms with E-state index in [-0.39, 0.29) is 0 Å². The molecule has 2 aliphatic heterocycles. The molecule has 4 heteroatoms. The van der Waals surface area contributed by atoms with Gasteiger partial charge >= 0.3 is 0 Å². The number of benzene rings is 2. The van der Waals surface area contributed by atoms with Crippen LogP contribution in [0.3, 0.4) is 0 Å². The van der Waals surface area contributed by atoms with Gasteiger partial charge in [-0.2, -0.15) is 0 Å². The molecule has 2 aromatic rings. The predicted molar refractivity (Wildman–Crippen MR) is 123 cm³/mol. The Labute approximate surface area is 174 Å². The van der Waals surface area contributed by atoms with Crippen molar-refractivity contribution in [2.75, 3.05) is 23.0 Å². The van der Waals surface area contributed by atoms with Crippen LogP contribution < -0.4 is 0 Å². The topological polar surface area (TPSA) is 0 Å². The maximum atomic E-state index is 2.51. The number of thioether (sulfide) groups is 4. The highest BCUT2D eigenvalue weighted by atomic mass is 32.2. The van der Waals surface area contributed by atoms with Crippen LogP contribution in [0.5, 0.6) is 0 Å². The summed E-state index contributed by atoms with van der Waals surface area (Å²) in [5, 5.41) is 0. The Morgan fingerprint density at radius 3 is 1.31 bits per heavy atom. The molecule has 0 aromatic heterocycles. The molecule has 0 atom stereocenters. The van der Waals surface area contributed by atoms with E-state index in [1.165, 1.54) is 70.9 Å². The monoisotopic (exact) mass is 416 g/mol. The van der Waals surface area contributed by atoms with Crippen LogP contribution in [0.25, 0.3) is 0 Å². The van der Waals surface area contributed by atoms with Crippen molar-refractivity contribution in [3.05, 3.63) is 70.8 Å². The summed E-state index contributed by atoms with van der Waals surface area (Å²) >= 11 is 8.75. The van der Waals surface area contributed by atoms with E-state index >= 15 is 0 Å². The van der Waals surface area contributed by atoms with Crippen molar-refractivity contribution in [1.29, 1.82) is 0 Å². The highest BCUT2D eigenvalue weighted by Crippen LogP contribution is 2.50. The van der Waals surface area contributed by atoms with E-state index in [2.05, 4.69) is 95.6 Å². The van der Waals surface area contributed by atoms with Gasteiger partial charge in [-0.3, -0.25) is 0 Å². The first-order chi connectivity index (χ1) is 12.7. The smallest absolute Gasteiger partial charge is 0.0691 e. The molecule has 0 unspecified atom stereocenters. The molecule has 2 fully saturated rings. The van der Waals surface area contributed by atoms with E-state index in [1.54, 1.807) is 0 Å². The fourth-order valence-corrected chi connectivity index (χ4v) is 11.0. The van der Waals surface area contributed by atoms with Gasteiger partial charge < -0.3 is 0 Å². The summed E-state index contributed by atoms with van der Waals surface area (Å²) in [6.07, 6.45) is 4.74. The summed E-state index contributed by atoms with van der Waals surface area (Å²) in [7, 11) is 0. The molecule has 0 N–H and O–H groups in total. The standard InChI is InChI=1S/C22H24S4/c1-2-19-12-20(3-1)16-22(25-10-11-26-22)14-18-6-4-17(5-7-18)13-21(15-19)23-8-9-24-21/h1-7,12H,8-11,13-16H2. The normalized spacial score (nSPS) is 23.7. The molecule has 136 valence electrons. The summed E-state index contributed by atoms with van der Waals surface area (Å²) in [4.78, 5) is 0. The third kappa shape index (κ3) is 3.72. The van der Waals surface area contributed by atoms with Crippen LogP contribution >= 0.6 is 47.0 Å². The highest BCUT2D eigenvalue weighted by Gasteiger charge is 2.38. The lowest BCUT2D eigenvalue weighted by atomic mass is 10.0. The molecule has 0 radical (unpaired) electrons. The van der Waals surface area contributed by atoms with Gasteiger partial charge in [-0.15, -0.1) is 47.0 Å². The molecule has 4 aliphatic rings. The fourth-order valence-electron chi connectivity index (χ4n) is 4.40. The van der Waals surface area contributed by atoms with Gasteiger partial charge in [-0.25, -0.2) is 0 Å². The van der Waals surface area contributed by atoms with Crippen molar-refractivity contribution in [3.63, 3.8) is 0 Å². The molecular weight excluding hydrogens is 393 g/mol. The first-order valence-electron chi connectivity index (χ1n) is 9.44. The van der Waals surface area contributed by atoms with E-state index < -0.39 is 0 Å². The molecule has 6 rings (SSSR count). The van der Waals surface area contributed by atoms with Crippen LogP contribution in [0, 0.1) is 0 Å². The lowest BCUT2D eigenvalue weighted by Gasteiger charge is -2.28. The maximum absolute atomic E-state index is 2.51. The molecule has 2 aliphatic carbocycles. The van der Waals surface area contributed by atoms with Crippen molar-refractivity contribution >= 4 is 47.0 Å². The molecule has 2 spiro atoms. The van der Waals surface area contributed by atoms with Crippen LogP contribution in [0.2, 0.25) is 0 Å². The predicted octanol–water partition coefficient (Wildman–Crippen LogP) is 5.92. The zero-order valence-corrected chi connectivity index (χ0v) is 18.2. The molecular formula is C22H24S4. The summed E-state index contributed by atoms with van der Waals surface area (Å²) in [6, 6.07) is 19.1. The Morgan fingerprint density at radius 2 is 0.885 bits per heavy atom. The zero-order valence-electron chi connectivity index (χ0n) is 14.9. The van der Waals surface area contributed by atoms with Crippen molar-refractivity contribution < 1.29 is 0 Å². The fraction of sp³-hybridized carbons (Fsp3) is 0.455. The van der Waals surface area contributed by atoms with Crippen molar-refractivity contribution in [2.45, 2.75) is 33.8 Å². The maximum Gasteiger partial charge on any atom is 0.0691 e. The Kier molecular flexibility index (Phi) is 5.06. The Balaban J connectivity index is 1.57. The SMILES string of the molecule is c1cc2cc(c1)CC1(Cc3ccc(cc3)CC3(C2)SCCS3)SCCS1. The van der Waals surface area contributed by atoms with Gasteiger partial charge in [0.15, 0.2) is 0 Å². The van der Waals surface area contributed by atoms with Crippen LogP contribution in [0.15, 0.2) is 48.5 Å². The van der Waals surface area contributed by atoms with Crippen LogP contribution in [0.1, 0.15) is 22.3 Å².